The smallest absolute Gasteiger partial charge is 0.244 e. The van der Waals surface area contributed by atoms with Crippen molar-refractivity contribution in [2.75, 3.05) is 25.4 Å². The number of amides is 1. The topological polar surface area (TPSA) is 92.5 Å². The van der Waals surface area contributed by atoms with Crippen LogP contribution in [0.25, 0.3) is 0 Å². The van der Waals surface area contributed by atoms with Gasteiger partial charge in [-0.15, -0.1) is 0 Å². The number of nitrogens with zero attached hydrogens (tertiary/aromatic N) is 1. The van der Waals surface area contributed by atoms with E-state index < -0.39 is 10.0 Å². The zero-order valence-corrected chi connectivity index (χ0v) is 11.8. The van der Waals surface area contributed by atoms with E-state index in [4.69, 9.17) is 5.73 Å². The second-order valence-electron chi connectivity index (χ2n) is 3.88. The lowest BCUT2D eigenvalue weighted by Gasteiger charge is -2.26. The minimum absolute atomic E-state index is 0.117. The van der Waals surface area contributed by atoms with Crippen molar-refractivity contribution in [3.63, 3.8) is 0 Å². The molecule has 0 atom stereocenters. The Balaban J connectivity index is 2.38. The van der Waals surface area contributed by atoms with Crippen molar-refractivity contribution < 1.29 is 13.2 Å². The number of piperazine rings is 1. The summed E-state index contributed by atoms with van der Waals surface area (Å²) in [5.74, 6) is -0.295. The number of sulfonamides is 1. The Labute approximate surface area is 113 Å². The van der Waals surface area contributed by atoms with E-state index in [1.165, 1.54) is 18.2 Å². The molecule has 1 aromatic rings. The molecule has 0 aliphatic carbocycles. The minimum atomic E-state index is -3.67. The highest BCUT2D eigenvalue weighted by Crippen LogP contribution is 2.27. The Morgan fingerprint density at radius 3 is 2.72 bits per heavy atom. The quantitative estimate of drug-likeness (QED) is 0.753. The van der Waals surface area contributed by atoms with Gasteiger partial charge in [0.2, 0.25) is 15.9 Å². The summed E-state index contributed by atoms with van der Waals surface area (Å²) in [6, 6.07) is 4.47. The van der Waals surface area contributed by atoms with Crippen LogP contribution in [-0.2, 0) is 14.8 Å². The predicted octanol–water partition coefficient (Wildman–Crippen LogP) is 0.152. The zero-order valence-electron chi connectivity index (χ0n) is 9.39. The number of benzene rings is 1. The van der Waals surface area contributed by atoms with E-state index >= 15 is 0 Å². The van der Waals surface area contributed by atoms with Crippen LogP contribution in [0.15, 0.2) is 27.6 Å². The van der Waals surface area contributed by atoms with Crippen LogP contribution in [0.5, 0.6) is 0 Å². The van der Waals surface area contributed by atoms with Gasteiger partial charge in [0.05, 0.1) is 11.4 Å². The molecule has 3 N–H and O–H groups in total. The van der Waals surface area contributed by atoms with Crippen molar-refractivity contribution >= 4 is 37.5 Å². The van der Waals surface area contributed by atoms with E-state index in [-0.39, 0.29) is 23.9 Å². The Hall–Kier alpha value is -1.12. The summed E-state index contributed by atoms with van der Waals surface area (Å²) < 4.78 is 26.2. The number of hydrogen-bond donors (Lipinski definition) is 2. The maximum Gasteiger partial charge on any atom is 0.244 e. The SMILES string of the molecule is Nc1ccc(S(=O)(=O)N2CCNC(=O)C2)c(Br)c1. The second-order valence-corrected chi connectivity index (χ2v) is 6.64. The van der Waals surface area contributed by atoms with Gasteiger partial charge < -0.3 is 11.1 Å². The van der Waals surface area contributed by atoms with Gasteiger partial charge >= 0.3 is 0 Å². The van der Waals surface area contributed by atoms with Crippen molar-refractivity contribution in [2.24, 2.45) is 0 Å². The van der Waals surface area contributed by atoms with E-state index in [2.05, 4.69) is 21.2 Å². The van der Waals surface area contributed by atoms with Gasteiger partial charge in [0.1, 0.15) is 0 Å². The van der Waals surface area contributed by atoms with Gasteiger partial charge in [-0.3, -0.25) is 4.79 Å². The number of anilines is 1. The van der Waals surface area contributed by atoms with Crippen molar-refractivity contribution in [2.45, 2.75) is 4.90 Å². The number of halogens is 1. The van der Waals surface area contributed by atoms with Crippen molar-refractivity contribution in [1.82, 2.24) is 9.62 Å². The monoisotopic (exact) mass is 333 g/mol. The molecule has 98 valence electrons. The maximum atomic E-state index is 12.3. The van der Waals surface area contributed by atoms with E-state index in [1.54, 1.807) is 0 Å². The first-order valence-electron chi connectivity index (χ1n) is 5.23. The molecule has 6 nitrogen and oxygen atoms in total. The standard InChI is InChI=1S/C10H12BrN3O3S/c11-8-5-7(12)1-2-9(8)18(16,17)14-4-3-13-10(15)6-14/h1-2,5H,3-4,6,12H2,(H,13,15). The third-order valence-electron chi connectivity index (χ3n) is 2.58. The Kier molecular flexibility index (Phi) is 3.60. The molecule has 8 heteroatoms. The Bertz CT molecular complexity index is 588. The second kappa shape index (κ2) is 4.87. The van der Waals surface area contributed by atoms with Crippen LogP contribution < -0.4 is 11.1 Å². The highest BCUT2D eigenvalue weighted by Gasteiger charge is 2.30. The molecule has 1 aromatic carbocycles. The van der Waals surface area contributed by atoms with Gasteiger partial charge in [-0.25, -0.2) is 8.42 Å². The van der Waals surface area contributed by atoms with E-state index in [0.29, 0.717) is 16.7 Å². The lowest BCUT2D eigenvalue weighted by molar-refractivity contribution is -0.122. The summed E-state index contributed by atoms with van der Waals surface area (Å²) in [4.78, 5) is 11.4. The molecular weight excluding hydrogens is 322 g/mol. The fourth-order valence-electron chi connectivity index (χ4n) is 1.69. The number of nitrogen functional groups attached to an aromatic ring is 1. The van der Waals surface area contributed by atoms with Gasteiger partial charge in [0.25, 0.3) is 0 Å². The third kappa shape index (κ3) is 2.50. The zero-order chi connectivity index (χ0) is 13.3. The number of carbonyl (C=O) groups excluding carboxylic acids is 1. The summed E-state index contributed by atoms with van der Waals surface area (Å²) >= 11 is 3.18. The van der Waals surface area contributed by atoms with Gasteiger partial charge in [-0.05, 0) is 34.1 Å². The number of nitrogens with two attached hydrogens (primary N) is 1. The Morgan fingerprint density at radius 2 is 2.11 bits per heavy atom. The lowest BCUT2D eigenvalue weighted by atomic mass is 10.3. The van der Waals surface area contributed by atoms with Gasteiger partial charge in [-0.1, -0.05) is 0 Å². The lowest BCUT2D eigenvalue weighted by Crippen LogP contribution is -2.49. The van der Waals surface area contributed by atoms with Gasteiger partial charge in [0, 0.05) is 23.2 Å². The van der Waals surface area contributed by atoms with Crippen molar-refractivity contribution in [3.8, 4) is 0 Å². The van der Waals surface area contributed by atoms with E-state index in [0.717, 1.165) is 4.31 Å². The third-order valence-corrected chi connectivity index (χ3v) is 5.40. The summed E-state index contributed by atoms with van der Waals surface area (Å²) in [6.07, 6.45) is 0. The van der Waals surface area contributed by atoms with Crippen LogP contribution in [0.2, 0.25) is 0 Å². The van der Waals surface area contributed by atoms with Crippen LogP contribution in [0.1, 0.15) is 0 Å². The molecule has 1 saturated heterocycles. The highest BCUT2D eigenvalue weighted by atomic mass is 79.9. The molecule has 0 radical (unpaired) electrons. The summed E-state index contributed by atoms with van der Waals surface area (Å²) in [7, 11) is -3.67. The number of nitrogens with one attached hydrogen (secondary N) is 1. The molecule has 1 aliphatic rings. The first-order valence-corrected chi connectivity index (χ1v) is 7.46. The summed E-state index contributed by atoms with van der Waals surface area (Å²) in [5, 5.41) is 2.58. The molecule has 18 heavy (non-hydrogen) atoms. The normalized spacial score (nSPS) is 17.5. The summed E-state index contributed by atoms with van der Waals surface area (Å²) in [6.45, 7) is 0.439. The predicted molar refractivity (Wildman–Crippen MR) is 70.3 cm³/mol. The molecule has 1 aliphatic heterocycles. The fraction of sp³-hybridized carbons (Fsp3) is 0.300. The largest absolute Gasteiger partial charge is 0.399 e. The van der Waals surface area contributed by atoms with Gasteiger partial charge in [-0.2, -0.15) is 4.31 Å². The average Bonchev–Trinajstić information content (AvgIpc) is 2.28. The van der Waals surface area contributed by atoms with Crippen LogP contribution in [0.3, 0.4) is 0 Å². The molecule has 0 saturated carbocycles. The van der Waals surface area contributed by atoms with Crippen LogP contribution in [0, 0.1) is 0 Å². The molecule has 2 rings (SSSR count). The molecule has 1 amide bonds. The average molecular weight is 334 g/mol. The van der Waals surface area contributed by atoms with Crippen molar-refractivity contribution in [1.29, 1.82) is 0 Å². The number of rotatable bonds is 2. The minimum Gasteiger partial charge on any atom is -0.399 e. The van der Waals surface area contributed by atoms with Crippen LogP contribution in [-0.4, -0.2) is 38.3 Å². The van der Waals surface area contributed by atoms with Gasteiger partial charge in [0.15, 0.2) is 0 Å². The molecule has 1 fully saturated rings. The Morgan fingerprint density at radius 1 is 1.39 bits per heavy atom. The summed E-state index contributed by atoms with van der Waals surface area (Å²) in [5.41, 5.74) is 6.04. The number of carbonyl (C=O) groups is 1. The molecule has 0 unspecified atom stereocenters. The maximum absolute atomic E-state index is 12.3. The first-order chi connectivity index (χ1) is 8.41. The molecule has 1 heterocycles. The van der Waals surface area contributed by atoms with Crippen molar-refractivity contribution in [3.05, 3.63) is 22.7 Å². The highest BCUT2D eigenvalue weighted by molar-refractivity contribution is 9.10. The molecule has 0 bridgehead atoms. The molecule has 0 aromatic heterocycles. The van der Waals surface area contributed by atoms with Crippen LogP contribution in [0.4, 0.5) is 5.69 Å². The molecule has 0 spiro atoms. The first kappa shape index (κ1) is 13.3. The molecular formula is C10H12BrN3O3S. The van der Waals surface area contributed by atoms with Crippen LogP contribution >= 0.6 is 15.9 Å². The van der Waals surface area contributed by atoms with E-state index in [9.17, 15) is 13.2 Å². The fourth-order valence-corrected chi connectivity index (χ4v) is 4.14. The van der Waals surface area contributed by atoms with E-state index in [1.807, 2.05) is 0 Å². The number of hydrogen-bond acceptors (Lipinski definition) is 4.